The Bertz CT molecular complexity index is 630. The van der Waals surface area contributed by atoms with Crippen molar-refractivity contribution in [1.29, 1.82) is 0 Å². The van der Waals surface area contributed by atoms with E-state index in [-0.39, 0.29) is 17.9 Å². The van der Waals surface area contributed by atoms with E-state index in [0.717, 1.165) is 5.56 Å². The van der Waals surface area contributed by atoms with Crippen LogP contribution in [-0.4, -0.2) is 55.1 Å². The molecule has 0 radical (unpaired) electrons. The molecule has 6 nitrogen and oxygen atoms in total. The summed E-state index contributed by atoms with van der Waals surface area (Å²) in [5, 5.41) is 8.80. The Morgan fingerprint density at radius 3 is 2.70 bits per heavy atom. The third kappa shape index (κ3) is 4.30. The maximum absolute atomic E-state index is 12.3. The van der Waals surface area contributed by atoms with E-state index < -0.39 is 0 Å². The predicted octanol–water partition coefficient (Wildman–Crippen LogP) is 1.67. The molecule has 0 spiro atoms. The van der Waals surface area contributed by atoms with Crippen molar-refractivity contribution in [3.05, 3.63) is 34.9 Å². The number of hydrogen-bond acceptors (Lipinski definition) is 4. The number of halogens is 1. The zero-order chi connectivity index (χ0) is 17.0. The minimum atomic E-state index is -0.247. The molecule has 0 saturated carbocycles. The second kappa shape index (κ2) is 7.57. The van der Waals surface area contributed by atoms with Crippen LogP contribution in [0, 0.1) is 0 Å². The molecule has 0 saturated heterocycles. The lowest BCUT2D eigenvalue weighted by molar-refractivity contribution is -0.130. The van der Waals surface area contributed by atoms with Gasteiger partial charge in [-0.25, -0.2) is 5.01 Å². The van der Waals surface area contributed by atoms with Crippen molar-refractivity contribution < 1.29 is 9.59 Å². The number of rotatable bonds is 5. The molecule has 1 aliphatic heterocycles. The second-order valence-electron chi connectivity index (χ2n) is 5.67. The minimum absolute atomic E-state index is 0.0452. The van der Waals surface area contributed by atoms with E-state index in [1.54, 1.807) is 7.05 Å². The Labute approximate surface area is 141 Å². The van der Waals surface area contributed by atoms with Crippen molar-refractivity contribution in [2.45, 2.75) is 18.9 Å². The quantitative estimate of drug-likeness (QED) is 0.889. The molecule has 1 aromatic carbocycles. The lowest BCUT2D eigenvalue weighted by Crippen LogP contribution is -2.41. The summed E-state index contributed by atoms with van der Waals surface area (Å²) >= 11 is 6.25. The van der Waals surface area contributed by atoms with E-state index in [9.17, 15) is 9.59 Å². The van der Waals surface area contributed by atoms with Crippen molar-refractivity contribution in [1.82, 2.24) is 15.2 Å². The van der Waals surface area contributed by atoms with Gasteiger partial charge in [0.15, 0.2) is 0 Å². The third-order valence-electron chi connectivity index (χ3n) is 3.81. The van der Waals surface area contributed by atoms with Crippen molar-refractivity contribution in [3.8, 4) is 0 Å². The monoisotopic (exact) mass is 336 g/mol. The van der Waals surface area contributed by atoms with Crippen LogP contribution in [0.2, 0.25) is 5.02 Å². The number of carbonyl (C=O) groups is 2. The van der Waals surface area contributed by atoms with Gasteiger partial charge in [0.2, 0.25) is 5.91 Å². The first-order chi connectivity index (χ1) is 10.9. The van der Waals surface area contributed by atoms with Crippen LogP contribution in [0.25, 0.3) is 0 Å². The van der Waals surface area contributed by atoms with Crippen LogP contribution in [0.3, 0.4) is 0 Å². The molecule has 0 fully saturated rings. The van der Waals surface area contributed by atoms with Crippen LogP contribution in [0.15, 0.2) is 29.4 Å². The average molecular weight is 337 g/mol. The highest BCUT2D eigenvalue weighted by molar-refractivity contribution is 6.39. The number of benzene rings is 1. The van der Waals surface area contributed by atoms with Gasteiger partial charge in [0.25, 0.3) is 5.91 Å². The Hall–Kier alpha value is -1.92. The summed E-state index contributed by atoms with van der Waals surface area (Å²) in [6.45, 7) is 0.409. The Balaban J connectivity index is 2.05. The molecule has 2 rings (SSSR count). The van der Waals surface area contributed by atoms with Gasteiger partial charge < -0.3 is 10.2 Å². The van der Waals surface area contributed by atoms with E-state index in [2.05, 4.69) is 10.4 Å². The highest BCUT2D eigenvalue weighted by Crippen LogP contribution is 2.25. The first-order valence-corrected chi connectivity index (χ1v) is 7.81. The number of carbonyl (C=O) groups excluding carboxylic acids is 2. The first kappa shape index (κ1) is 17.4. The minimum Gasteiger partial charge on any atom is -0.349 e. The summed E-state index contributed by atoms with van der Waals surface area (Å²) in [7, 11) is 5.43. The summed E-state index contributed by atoms with van der Waals surface area (Å²) in [4.78, 5) is 25.7. The van der Waals surface area contributed by atoms with Crippen LogP contribution in [-0.2, 0) is 9.59 Å². The number of hydrogen-bond donors (Lipinski definition) is 1. The van der Waals surface area contributed by atoms with Crippen LogP contribution in [0.5, 0.6) is 0 Å². The van der Waals surface area contributed by atoms with E-state index in [1.807, 2.05) is 43.3 Å². The number of nitrogens with one attached hydrogen (secondary N) is 1. The zero-order valence-corrected chi connectivity index (χ0v) is 14.3. The molecule has 1 N–H and O–H groups in total. The lowest BCUT2D eigenvalue weighted by atomic mass is 10.1. The summed E-state index contributed by atoms with van der Waals surface area (Å²) in [6, 6.07) is 7.53. The maximum Gasteiger partial charge on any atom is 0.267 e. The van der Waals surface area contributed by atoms with Gasteiger partial charge in [0.1, 0.15) is 5.71 Å². The molecule has 0 aliphatic carbocycles. The summed E-state index contributed by atoms with van der Waals surface area (Å²) < 4.78 is 0. The van der Waals surface area contributed by atoms with Gasteiger partial charge in [-0.15, -0.1) is 0 Å². The molecule has 7 heteroatoms. The molecule has 2 amide bonds. The van der Waals surface area contributed by atoms with Crippen LogP contribution in [0.4, 0.5) is 0 Å². The van der Waals surface area contributed by atoms with Gasteiger partial charge >= 0.3 is 0 Å². The molecule has 1 atom stereocenters. The number of likely N-dealkylation sites (N-methyl/N-ethyl adjacent to an activating group) is 1. The lowest BCUT2D eigenvalue weighted by Gasteiger charge is -2.26. The van der Waals surface area contributed by atoms with Crippen molar-refractivity contribution in [2.75, 3.05) is 27.7 Å². The topological polar surface area (TPSA) is 65.0 Å². The molecule has 0 aromatic heterocycles. The average Bonchev–Trinajstić information content (AvgIpc) is 2.51. The normalized spacial score (nSPS) is 16.3. The molecule has 23 heavy (non-hydrogen) atoms. The van der Waals surface area contributed by atoms with Crippen LogP contribution >= 0.6 is 11.6 Å². The summed E-state index contributed by atoms with van der Waals surface area (Å²) in [6.07, 6.45) is 0.679. The third-order valence-corrected chi connectivity index (χ3v) is 4.16. The highest BCUT2D eigenvalue weighted by atomic mass is 35.5. The second-order valence-corrected chi connectivity index (χ2v) is 6.08. The predicted molar refractivity (Wildman–Crippen MR) is 90.3 cm³/mol. The van der Waals surface area contributed by atoms with E-state index >= 15 is 0 Å². The van der Waals surface area contributed by atoms with Crippen LogP contribution < -0.4 is 5.32 Å². The van der Waals surface area contributed by atoms with Gasteiger partial charge in [0, 0.05) is 31.5 Å². The van der Waals surface area contributed by atoms with Gasteiger partial charge in [0.05, 0.1) is 6.04 Å². The van der Waals surface area contributed by atoms with E-state index in [4.69, 9.17) is 11.6 Å². The molecule has 1 aliphatic rings. The van der Waals surface area contributed by atoms with Gasteiger partial charge in [-0.1, -0.05) is 29.8 Å². The molecular weight excluding hydrogens is 316 g/mol. The smallest absolute Gasteiger partial charge is 0.267 e. The highest BCUT2D eigenvalue weighted by Gasteiger charge is 2.23. The van der Waals surface area contributed by atoms with Gasteiger partial charge in [-0.2, -0.15) is 5.10 Å². The Kier molecular flexibility index (Phi) is 5.74. The fourth-order valence-electron chi connectivity index (χ4n) is 2.44. The van der Waals surface area contributed by atoms with E-state index in [0.29, 0.717) is 30.1 Å². The molecule has 1 unspecified atom stereocenters. The Morgan fingerprint density at radius 2 is 2.09 bits per heavy atom. The van der Waals surface area contributed by atoms with Gasteiger partial charge in [-0.3, -0.25) is 9.59 Å². The first-order valence-electron chi connectivity index (χ1n) is 7.43. The standard InChI is InChI=1S/C16H21ClN4O2/c1-20(2)14(11-6-4-5-7-12(11)17)10-18-16(23)13-8-9-15(22)21(3)19-13/h4-7,14H,8-10H2,1-3H3,(H,18,23). The molecule has 124 valence electrons. The van der Waals surface area contributed by atoms with Crippen molar-refractivity contribution >= 4 is 29.1 Å². The summed E-state index contributed by atoms with van der Waals surface area (Å²) in [5.41, 5.74) is 1.33. The van der Waals surface area contributed by atoms with Crippen molar-refractivity contribution in [3.63, 3.8) is 0 Å². The molecule has 1 aromatic rings. The molecule has 1 heterocycles. The number of nitrogens with zero attached hydrogens (tertiary/aromatic N) is 3. The fourth-order valence-corrected chi connectivity index (χ4v) is 2.70. The maximum atomic E-state index is 12.3. The Morgan fingerprint density at radius 1 is 1.39 bits per heavy atom. The SMILES string of the molecule is CN1N=C(C(=O)NCC(c2ccccc2Cl)N(C)C)CCC1=O. The number of hydrazone groups is 1. The largest absolute Gasteiger partial charge is 0.349 e. The molecule has 0 bridgehead atoms. The van der Waals surface area contributed by atoms with Crippen molar-refractivity contribution in [2.24, 2.45) is 5.10 Å². The number of amides is 2. The van der Waals surface area contributed by atoms with Gasteiger partial charge in [-0.05, 0) is 25.7 Å². The van der Waals surface area contributed by atoms with Crippen LogP contribution in [0.1, 0.15) is 24.4 Å². The fraction of sp³-hybridized carbons (Fsp3) is 0.438. The van der Waals surface area contributed by atoms with E-state index in [1.165, 1.54) is 5.01 Å². The zero-order valence-electron chi connectivity index (χ0n) is 13.5. The molecular formula is C16H21ClN4O2. The summed E-state index contributed by atoms with van der Waals surface area (Å²) in [5.74, 6) is -0.327.